The number of nitrogens with one attached hydrogen (secondary N) is 2. The van der Waals surface area contributed by atoms with Crippen LogP contribution in [0.3, 0.4) is 0 Å². The minimum atomic E-state index is 0. The van der Waals surface area contributed by atoms with Gasteiger partial charge in [-0.25, -0.2) is 0 Å². The molecule has 1 amide bonds. The fourth-order valence-electron chi connectivity index (χ4n) is 3.55. The molecule has 1 saturated carbocycles. The largest absolute Gasteiger partial charge is 0.352 e. The fourth-order valence-corrected chi connectivity index (χ4v) is 3.55. The van der Waals surface area contributed by atoms with E-state index < -0.39 is 0 Å². The molecule has 21 heavy (non-hydrogen) atoms. The van der Waals surface area contributed by atoms with Crippen LogP contribution < -0.4 is 10.6 Å². The van der Waals surface area contributed by atoms with E-state index in [1.54, 1.807) is 0 Å². The van der Waals surface area contributed by atoms with E-state index in [1.165, 1.54) is 44.9 Å². The van der Waals surface area contributed by atoms with Gasteiger partial charge in [0.1, 0.15) is 0 Å². The van der Waals surface area contributed by atoms with Crippen LogP contribution in [0.15, 0.2) is 0 Å². The normalized spacial score (nSPS) is 21.0. The highest BCUT2D eigenvalue weighted by Gasteiger charge is 2.23. The summed E-state index contributed by atoms with van der Waals surface area (Å²) in [5.41, 5.74) is 0. The molecular formula is C16H32ClN3O. The molecule has 1 aliphatic heterocycles. The van der Waals surface area contributed by atoms with Crippen LogP contribution in [0.5, 0.6) is 0 Å². The predicted molar refractivity (Wildman–Crippen MR) is 90.0 cm³/mol. The van der Waals surface area contributed by atoms with E-state index in [0.29, 0.717) is 18.6 Å². The first-order chi connectivity index (χ1) is 9.79. The second-order valence-electron chi connectivity index (χ2n) is 6.35. The predicted octanol–water partition coefficient (Wildman–Crippen LogP) is 2.32. The molecule has 2 N–H and O–H groups in total. The van der Waals surface area contributed by atoms with Gasteiger partial charge in [0.05, 0.1) is 6.54 Å². The van der Waals surface area contributed by atoms with Crippen LogP contribution >= 0.6 is 12.4 Å². The molecule has 5 heteroatoms. The van der Waals surface area contributed by atoms with E-state index in [4.69, 9.17) is 0 Å². The van der Waals surface area contributed by atoms with Crippen molar-refractivity contribution in [2.45, 2.75) is 70.4 Å². The Balaban J connectivity index is 0.00000220. The molecular weight excluding hydrogens is 286 g/mol. The molecule has 0 aromatic heterocycles. The molecule has 0 aromatic carbocycles. The lowest BCUT2D eigenvalue weighted by Crippen LogP contribution is -2.49. The average molecular weight is 318 g/mol. The Morgan fingerprint density at radius 3 is 2.43 bits per heavy atom. The van der Waals surface area contributed by atoms with Gasteiger partial charge in [-0.3, -0.25) is 9.69 Å². The molecule has 0 aromatic rings. The van der Waals surface area contributed by atoms with Gasteiger partial charge in [0.15, 0.2) is 0 Å². The number of hydrogen-bond donors (Lipinski definition) is 2. The molecule has 2 rings (SSSR count). The lowest BCUT2D eigenvalue weighted by molar-refractivity contribution is -0.123. The standard InChI is InChI=1S/C16H31N3O.ClH/c1-2-12-19(15-8-10-17-11-9-15)13-16(20)18-14-6-4-3-5-7-14;/h14-15,17H,2-13H2,1H3,(H,18,20);1H. The van der Waals surface area contributed by atoms with E-state index in [-0.39, 0.29) is 18.3 Å². The van der Waals surface area contributed by atoms with Crippen molar-refractivity contribution >= 4 is 18.3 Å². The third-order valence-electron chi connectivity index (χ3n) is 4.65. The van der Waals surface area contributed by atoms with E-state index in [9.17, 15) is 4.79 Å². The maximum absolute atomic E-state index is 12.3. The van der Waals surface area contributed by atoms with Gasteiger partial charge in [0, 0.05) is 12.1 Å². The number of carbonyl (C=O) groups excluding carboxylic acids is 1. The maximum Gasteiger partial charge on any atom is 0.234 e. The zero-order chi connectivity index (χ0) is 14.2. The number of piperidine rings is 1. The summed E-state index contributed by atoms with van der Waals surface area (Å²) < 4.78 is 0. The highest BCUT2D eigenvalue weighted by Crippen LogP contribution is 2.17. The number of amides is 1. The van der Waals surface area contributed by atoms with Gasteiger partial charge < -0.3 is 10.6 Å². The van der Waals surface area contributed by atoms with Gasteiger partial charge in [-0.1, -0.05) is 26.2 Å². The number of rotatable bonds is 6. The smallest absolute Gasteiger partial charge is 0.234 e. The van der Waals surface area contributed by atoms with Crippen LogP contribution in [-0.2, 0) is 4.79 Å². The zero-order valence-corrected chi connectivity index (χ0v) is 14.2. The fraction of sp³-hybridized carbons (Fsp3) is 0.938. The lowest BCUT2D eigenvalue weighted by Gasteiger charge is -2.34. The van der Waals surface area contributed by atoms with Crippen LogP contribution in [0.1, 0.15) is 58.3 Å². The Labute approximate surface area is 135 Å². The summed E-state index contributed by atoms with van der Waals surface area (Å²) in [7, 11) is 0. The zero-order valence-electron chi connectivity index (χ0n) is 13.4. The second kappa shape index (κ2) is 10.4. The molecule has 1 saturated heterocycles. The van der Waals surface area contributed by atoms with E-state index in [2.05, 4.69) is 22.5 Å². The molecule has 0 radical (unpaired) electrons. The van der Waals surface area contributed by atoms with Crippen molar-refractivity contribution < 1.29 is 4.79 Å². The summed E-state index contributed by atoms with van der Waals surface area (Å²) in [6.07, 6.45) is 9.72. The number of hydrogen-bond acceptors (Lipinski definition) is 3. The van der Waals surface area contributed by atoms with Crippen molar-refractivity contribution in [2.24, 2.45) is 0 Å². The van der Waals surface area contributed by atoms with Crippen LogP contribution in [0.2, 0.25) is 0 Å². The first-order valence-corrected chi connectivity index (χ1v) is 8.53. The van der Waals surface area contributed by atoms with Gasteiger partial charge in [-0.05, 0) is 51.7 Å². The Hall–Kier alpha value is -0.320. The van der Waals surface area contributed by atoms with Crippen molar-refractivity contribution in [3.63, 3.8) is 0 Å². The quantitative estimate of drug-likeness (QED) is 0.790. The van der Waals surface area contributed by atoms with E-state index in [0.717, 1.165) is 26.1 Å². The van der Waals surface area contributed by atoms with Crippen LogP contribution in [0.4, 0.5) is 0 Å². The molecule has 2 fully saturated rings. The van der Waals surface area contributed by atoms with Gasteiger partial charge in [-0.15, -0.1) is 12.4 Å². The average Bonchev–Trinajstić information content (AvgIpc) is 2.49. The van der Waals surface area contributed by atoms with E-state index in [1.807, 2.05) is 0 Å². The van der Waals surface area contributed by atoms with E-state index >= 15 is 0 Å². The van der Waals surface area contributed by atoms with Crippen molar-refractivity contribution in [2.75, 3.05) is 26.2 Å². The van der Waals surface area contributed by atoms with Gasteiger partial charge in [0.2, 0.25) is 5.91 Å². The molecule has 0 unspecified atom stereocenters. The minimum Gasteiger partial charge on any atom is -0.352 e. The number of halogens is 1. The Morgan fingerprint density at radius 2 is 1.81 bits per heavy atom. The molecule has 1 aliphatic carbocycles. The van der Waals surface area contributed by atoms with Crippen LogP contribution in [0.25, 0.3) is 0 Å². The Morgan fingerprint density at radius 1 is 1.14 bits per heavy atom. The number of carbonyl (C=O) groups is 1. The third kappa shape index (κ3) is 6.54. The van der Waals surface area contributed by atoms with Crippen molar-refractivity contribution in [3.8, 4) is 0 Å². The third-order valence-corrected chi connectivity index (χ3v) is 4.65. The summed E-state index contributed by atoms with van der Waals surface area (Å²) >= 11 is 0. The minimum absolute atomic E-state index is 0. The molecule has 0 atom stereocenters. The first kappa shape index (κ1) is 18.7. The highest BCUT2D eigenvalue weighted by atomic mass is 35.5. The molecule has 1 heterocycles. The lowest BCUT2D eigenvalue weighted by atomic mass is 9.95. The van der Waals surface area contributed by atoms with Gasteiger partial charge in [-0.2, -0.15) is 0 Å². The topological polar surface area (TPSA) is 44.4 Å². The van der Waals surface area contributed by atoms with Gasteiger partial charge in [0.25, 0.3) is 0 Å². The first-order valence-electron chi connectivity index (χ1n) is 8.53. The van der Waals surface area contributed by atoms with Crippen LogP contribution in [-0.4, -0.2) is 49.1 Å². The van der Waals surface area contributed by atoms with Gasteiger partial charge >= 0.3 is 0 Å². The summed E-state index contributed by atoms with van der Waals surface area (Å²) in [4.78, 5) is 14.7. The second-order valence-corrected chi connectivity index (χ2v) is 6.35. The monoisotopic (exact) mass is 317 g/mol. The summed E-state index contributed by atoms with van der Waals surface area (Å²) in [6.45, 7) is 6.02. The summed E-state index contributed by atoms with van der Waals surface area (Å²) in [5.74, 6) is 0.240. The van der Waals surface area contributed by atoms with Crippen molar-refractivity contribution in [3.05, 3.63) is 0 Å². The van der Waals surface area contributed by atoms with Crippen molar-refractivity contribution in [1.29, 1.82) is 0 Å². The molecule has 124 valence electrons. The SMILES string of the molecule is CCCN(CC(=O)NC1CCCCC1)C1CCNCC1.Cl. The Bertz CT molecular complexity index is 289. The highest BCUT2D eigenvalue weighted by molar-refractivity contribution is 5.85. The molecule has 0 spiro atoms. The summed E-state index contributed by atoms with van der Waals surface area (Å²) in [5, 5.41) is 6.65. The molecule has 2 aliphatic rings. The Kier molecular flexibility index (Phi) is 9.29. The summed E-state index contributed by atoms with van der Waals surface area (Å²) in [6, 6.07) is 1.03. The molecule has 4 nitrogen and oxygen atoms in total. The molecule has 0 bridgehead atoms. The van der Waals surface area contributed by atoms with Crippen molar-refractivity contribution in [1.82, 2.24) is 15.5 Å². The number of nitrogens with zero attached hydrogens (tertiary/aromatic N) is 1. The maximum atomic E-state index is 12.3. The van der Waals surface area contributed by atoms with Crippen LogP contribution in [0, 0.1) is 0 Å².